The molecule has 1 N–H and O–H groups in total. The van der Waals surface area contributed by atoms with Crippen LogP contribution in [0.1, 0.15) is 12.0 Å². The molecule has 2 rings (SSSR count). The maximum absolute atomic E-state index is 13.8. The lowest BCUT2D eigenvalue weighted by Crippen LogP contribution is -2.16. The maximum atomic E-state index is 13.8. The summed E-state index contributed by atoms with van der Waals surface area (Å²) in [6.07, 6.45) is 0.922. The number of hydrogen-bond acceptors (Lipinski definition) is 3. The highest BCUT2D eigenvalue weighted by atomic mass is 35.5. The van der Waals surface area contributed by atoms with Gasteiger partial charge in [-0.25, -0.2) is 4.39 Å². The predicted octanol–water partition coefficient (Wildman–Crippen LogP) is 2.18. The molecule has 0 unspecified atom stereocenters. The van der Waals surface area contributed by atoms with E-state index in [4.69, 9.17) is 26.2 Å². The van der Waals surface area contributed by atoms with Gasteiger partial charge in [-0.2, -0.15) is 0 Å². The fourth-order valence-corrected chi connectivity index (χ4v) is 1.89. The fourth-order valence-electron chi connectivity index (χ4n) is 1.62. The molecule has 16 heavy (non-hydrogen) atoms. The van der Waals surface area contributed by atoms with Crippen molar-refractivity contribution in [2.75, 3.05) is 19.8 Å². The second-order valence-corrected chi connectivity index (χ2v) is 3.89. The van der Waals surface area contributed by atoms with Crippen LogP contribution in [0.15, 0.2) is 6.07 Å². The first-order chi connectivity index (χ1) is 7.74. The van der Waals surface area contributed by atoms with Crippen molar-refractivity contribution in [1.82, 2.24) is 0 Å². The van der Waals surface area contributed by atoms with E-state index in [1.54, 1.807) is 6.07 Å². The number of rotatable bonds is 3. The first-order valence-corrected chi connectivity index (χ1v) is 5.49. The van der Waals surface area contributed by atoms with Gasteiger partial charge in [-0.05, 0) is 24.5 Å². The Bertz CT molecular complexity index is 395. The van der Waals surface area contributed by atoms with Crippen LogP contribution in [0.25, 0.3) is 0 Å². The normalized spacial score (nSPS) is 13.9. The van der Waals surface area contributed by atoms with Crippen LogP contribution in [0.3, 0.4) is 0 Å². The van der Waals surface area contributed by atoms with Gasteiger partial charge in [-0.15, -0.1) is 0 Å². The Morgan fingerprint density at radius 2 is 2.12 bits per heavy atom. The molecule has 1 aromatic rings. The largest absolute Gasteiger partial charge is 0.486 e. The molecule has 88 valence electrons. The Labute approximate surface area is 97.7 Å². The number of fused-ring (bicyclic) bond motifs is 1. The van der Waals surface area contributed by atoms with Gasteiger partial charge in [-0.3, -0.25) is 0 Å². The number of ether oxygens (including phenoxy) is 2. The van der Waals surface area contributed by atoms with Crippen molar-refractivity contribution < 1.29 is 19.0 Å². The summed E-state index contributed by atoms with van der Waals surface area (Å²) in [7, 11) is 0. The Morgan fingerprint density at radius 1 is 1.38 bits per heavy atom. The van der Waals surface area contributed by atoms with E-state index in [0.717, 1.165) is 0 Å². The van der Waals surface area contributed by atoms with Crippen LogP contribution < -0.4 is 9.47 Å². The van der Waals surface area contributed by atoms with Crippen LogP contribution in [0.5, 0.6) is 11.5 Å². The molecule has 1 heterocycles. The van der Waals surface area contributed by atoms with Gasteiger partial charge in [0.1, 0.15) is 24.1 Å². The molecule has 1 aliphatic heterocycles. The summed E-state index contributed by atoms with van der Waals surface area (Å²) in [5.41, 5.74) is 0.448. The molecule has 0 radical (unpaired) electrons. The molecule has 0 aromatic heterocycles. The molecular formula is C11H12ClFO3. The summed E-state index contributed by atoms with van der Waals surface area (Å²) < 4.78 is 24.4. The molecule has 0 bridgehead atoms. The Balaban J connectivity index is 2.36. The molecule has 0 atom stereocenters. The minimum Gasteiger partial charge on any atom is -0.486 e. The molecule has 0 saturated carbocycles. The van der Waals surface area contributed by atoms with Gasteiger partial charge in [0.05, 0.1) is 0 Å². The van der Waals surface area contributed by atoms with Gasteiger partial charge in [0.2, 0.25) is 0 Å². The number of hydrogen-bond donors (Lipinski definition) is 1. The number of halogens is 2. The molecule has 0 saturated heterocycles. The summed E-state index contributed by atoms with van der Waals surface area (Å²) >= 11 is 5.85. The number of aliphatic hydroxyl groups is 1. The van der Waals surface area contributed by atoms with Gasteiger partial charge in [0.25, 0.3) is 0 Å². The number of benzene rings is 1. The van der Waals surface area contributed by atoms with E-state index in [9.17, 15) is 4.39 Å². The monoisotopic (exact) mass is 246 g/mol. The quantitative estimate of drug-likeness (QED) is 0.889. The molecule has 0 amide bonds. The van der Waals surface area contributed by atoms with E-state index >= 15 is 0 Å². The van der Waals surface area contributed by atoms with Crippen LogP contribution >= 0.6 is 11.6 Å². The van der Waals surface area contributed by atoms with Crippen molar-refractivity contribution in [3.63, 3.8) is 0 Å². The summed E-state index contributed by atoms with van der Waals surface area (Å²) in [5, 5.41) is 8.68. The zero-order valence-corrected chi connectivity index (χ0v) is 9.39. The van der Waals surface area contributed by atoms with Crippen LogP contribution in [0.4, 0.5) is 4.39 Å². The van der Waals surface area contributed by atoms with Crippen molar-refractivity contribution in [3.05, 3.63) is 22.5 Å². The third-order valence-corrected chi connectivity index (χ3v) is 2.73. The van der Waals surface area contributed by atoms with Crippen molar-refractivity contribution in [3.8, 4) is 11.5 Å². The summed E-state index contributed by atoms with van der Waals surface area (Å²) in [4.78, 5) is 0. The van der Waals surface area contributed by atoms with E-state index in [1.807, 2.05) is 0 Å². The lowest BCUT2D eigenvalue weighted by atomic mass is 10.1. The van der Waals surface area contributed by atoms with E-state index in [0.29, 0.717) is 37.4 Å². The molecule has 1 aliphatic rings. The molecule has 1 aromatic carbocycles. The van der Waals surface area contributed by atoms with Gasteiger partial charge < -0.3 is 14.6 Å². The molecule has 3 nitrogen and oxygen atoms in total. The number of aryl methyl sites for hydroxylation is 1. The van der Waals surface area contributed by atoms with E-state index in [2.05, 4.69) is 0 Å². The first-order valence-electron chi connectivity index (χ1n) is 5.11. The smallest absolute Gasteiger partial charge is 0.182 e. The van der Waals surface area contributed by atoms with Gasteiger partial charge in [0, 0.05) is 6.61 Å². The van der Waals surface area contributed by atoms with E-state index in [-0.39, 0.29) is 17.4 Å². The zero-order valence-electron chi connectivity index (χ0n) is 8.63. The van der Waals surface area contributed by atoms with Crippen LogP contribution in [-0.2, 0) is 6.42 Å². The zero-order chi connectivity index (χ0) is 11.5. The van der Waals surface area contributed by atoms with Crippen molar-refractivity contribution in [1.29, 1.82) is 0 Å². The molecule has 0 fully saturated rings. The molecule has 0 aliphatic carbocycles. The third-order valence-electron chi connectivity index (χ3n) is 2.39. The Hall–Kier alpha value is -1.00. The average Bonchev–Trinajstić information content (AvgIpc) is 2.32. The van der Waals surface area contributed by atoms with E-state index < -0.39 is 5.82 Å². The van der Waals surface area contributed by atoms with Crippen molar-refractivity contribution in [2.45, 2.75) is 12.8 Å². The highest BCUT2D eigenvalue weighted by Crippen LogP contribution is 2.40. The average molecular weight is 247 g/mol. The number of aliphatic hydroxyl groups excluding tert-OH is 1. The fraction of sp³-hybridized carbons (Fsp3) is 0.455. The summed E-state index contributed by atoms with van der Waals surface area (Å²) in [6.45, 7) is 0.835. The minimum atomic E-state index is -0.487. The molecule has 0 spiro atoms. The van der Waals surface area contributed by atoms with Crippen molar-refractivity contribution in [2.24, 2.45) is 0 Å². The highest BCUT2D eigenvalue weighted by Gasteiger charge is 2.21. The highest BCUT2D eigenvalue weighted by molar-refractivity contribution is 6.32. The lowest BCUT2D eigenvalue weighted by molar-refractivity contribution is 0.170. The third kappa shape index (κ3) is 2.08. The minimum absolute atomic E-state index is 0.0193. The predicted molar refractivity (Wildman–Crippen MR) is 57.8 cm³/mol. The Kier molecular flexibility index (Phi) is 3.51. The standard InChI is InChI=1S/C11H12ClFO3/c12-9-10(13)7(2-1-3-14)6-8-11(9)16-5-4-15-8/h6,14H,1-5H2. The van der Waals surface area contributed by atoms with Gasteiger partial charge >= 0.3 is 0 Å². The van der Waals surface area contributed by atoms with Crippen LogP contribution in [0.2, 0.25) is 5.02 Å². The topological polar surface area (TPSA) is 38.7 Å². The molecular weight excluding hydrogens is 235 g/mol. The summed E-state index contributed by atoms with van der Waals surface area (Å²) in [5.74, 6) is 0.267. The summed E-state index contributed by atoms with van der Waals surface area (Å²) in [6, 6.07) is 1.59. The SMILES string of the molecule is OCCCc1cc2c(c(Cl)c1F)OCCO2. The first kappa shape index (κ1) is 11.5. The van der Waals surface area contributed by atoms with Crippen LogP contribution in [-0.4, -0.2) is 24.9 Å². The van der Waals surface area contributed by atoms with Crippen molar-refractivity contribution >= 4 is 11.6 Å². The van der Waals surface area contributed by atoms with Gasteiger partial charge in [0.15, 0.2) is 11.5 Å². The molecule has 5 heteroatoms. The maximum Gasteiger partial charge on any atom is 0.182 e. The van der Waals surface area contributed by atoms with Crippen LogP contribution in [0, 0.1) is 5.82 Å². The Morgan fingerprint density at radius 3 is 2.88 bits per heavy atom. The van der Waals surface area contributed by atoms with Gasteiger partial charge in [-0.1, -0.05) is 11.6 Å². The second kappa shape index (κ2) is 4.89. The second-order valence-electron chi connectivity index (χ2n) is 3.51. The lowest BCUT2D eigenvalue weighted by Gasteiger charge is -2.20. The van der Waals surface area contributed by atoms with E-state index in [1.165, 1.54) is 0 Å².